The molecule has 0 unspecified atom stereocenters. The normalized spacial score (nSPS) is 10.6. The smallest absolute Gasteiger partial charge is 0.243 e. The quantitative estimate of drug-likeness (QED) is 0.772. The molecule has 0 aliphatic carbocycles. The van der Waals surface area contributed by atoms with Gasteiger partial charge in [-0.2, -0.15) is 4.98 Å². The lowest BCUT2D eigenvalue weighted by Crippen LogP contribution is -2.03. The van der Waals surface area contributed by atoms with E-state index in [-0.39, 0.29) is 6.61 Å². The Hall–Kier alpha value is -2.83. The summed E-state index contributed by atoms with van der Waals surface area (Å²) in [7, 11) is 3.21. The van der Waals surface area contributed by atoms with Gasteiger partial charge in [0.2, 0.25) is 5.88 Å². The fourth-order valence-corrected chi connectivity index (χ4v) is 2.06. The van der Waals surface area contributed by atoms with Crippen molar-refractivity contribution in [1.82, 2.24) is 19.9 Å². The second kappa shape index (κ2) is 5.66. The molecule has 2 heterocycles. The average molecular weight is 286 g/mol. The van der Waals surface area contributed by atoms with Crippen molar-refractivity contribution >= 4 is 11.2 Å². The number of methoxy groups -OCH3 is 2. The van der Waals surface area contributed by atoms with Crippen molar-refractivity contribution in [3.05, 3.63) is 36.4 Å². The van der Waals surface area contributed by atoms with E-state index in [9.17, 15) is 0 Å². The van der Waals surface area contributed by atoms with Crippen molar-refractivity contribution in [3.63, 3.8) is 0 Å². The first-order chi connectivity index (χ1) is 10.3. The van der Waals surface area contributed by atoms with Gasteiger partial charge in [0.05, 0.1) is 26.1 Å². The molecule has 3 rings (SSSR count). The average Bonchev–Trinajstić information content (AvgIpc) is 3.01. The third kappa shape index (κ3) is 2.45. The van der Waals surface area contributed by atoms with Crippen LogP contribution in [0.5, 0.6) is 17.4 Å². The van der Waals surface area contributed by atoms with Crippen molar-refractivity contribution in [1.29, 1.82) is 0 Å². The molecular weight excluding hydrogens is 272 g/mol. The van der Waals surface area contributed by atoms with Crippen molar-refractivity contribution in [2.75, 3.05) is 14.2 Å². The number of aromatic amines is 1. The Bertz CT molecular complexity index is 735. The Labute approximate surface area is 120 Å². The molecule has 0 atom stereocenters. The van der Waals surface area contributed by atoms with Crippen LogP contribution in [0.3, 0.4) is 0 Å². The van der Waals surface area contributed by atoms with Gasteiger partial charge in [0, 0.05) is 0 Å². The molecule has 7 heteroatoms. The lowest BCUT2D eigenvalue weighted by atomic mass is 10.2. The van der Waals surface area contributed by atoms with Gasteiger partial charge in [0.25, 0.3) is 0 Å². The van der Waals surface area contributed by atoms with Crippen LogP contribution < -0.4 is 14.2 Å². The highest BCUT2D eigenvalue weighted by Crippen LogP contribution is 2.29. The monoisotopic (exact) mass is 286 g/mol. The maximum Gasteiger partial charge on any atom is 0.243 e. The Balaban J connectivity index is 1.90. The molecule has 0 aliphatic rings. The van der Waals surface area contributed by atoms with Crippen LogP contribution >= 0.6 is 0 Å². The van der Waals surface area contributed by atoms with Crippen LogP contribution in [0.2, 0.25) is 0 Å². The van der Waals surface area contributed by atoms with Crippen LogP contribution in [0.4, 0.5) is 0 Å². The highest BCUT2D eigenvalue weighted by molar-refractivity contribution is 5.74. The topological polar surface area (TPSA) is 82.2 Å². The molecule has 2 aromatic heterocycles. The minimum absolute atomic E-state index is 0.262. The highest BCUT2D eigenvalue weighted by Gasteiger charge is 2.13. The minimum atomic E-state index is 0.262. The molecule has 0 saturated heterocycles. The summed E-state index contributed by atoms with van der Waals surface area (Å²) in [5, 5.41) is 0. The number of rotatable bonds is 5. The van der Waals surface area contributed by atoms with E-state index in [2.05, 4.69) is 19.9 Å². The van der Waals surface area contributed by atoms with E-state index in [1.54, 1.807) is 20.5 Å². The van der Waals surface area contributed by atoms with E-state index < -0.39 is 0 Å². The summed E-state index contributed by atoms with van der Waals surface area (Å²) in [6, 6.07) is 5.57. The van der Waals surface area contributed by atoms with Gasteiger partial charge >= 0.3 is 0 Å². The molecule has 0 fully saturated rings. The third-order valence-corrected chi connectivity index (χ3v) is 3.07. The van der Waals surface area contributed by atoms with Gasteiger partial charge in [-0.15, -0.1) is 0 Å². The molecule has 1 aromatic carbocycles. The first-order valence-corrected chi connectivity index (χ1v) is 6.30. The number of imidazole rings is 1. The summed E-state index contributed by atoms with van der Waals surface area (Å²) in [6.45, 7) is 0.262. The molecule has 0 spiro atoms. The van der Waals surface area contributed by atoms with E-state index in [4.69, 9.17) is 14.2 Å². The van der Waals surface area contributed by atoms with Crippen molar-refractivity contribution in [3.8, 4) is 17.4 Å². The maximum atomic E-state index is 5.77. The number of ether oxygens (including phenoxy) is 3. The van der Waals surface area contributed by atoms with E-state index in [0.29, 0.717) is 28.5 Å². The number of nitrogens with zero attached hydrogens (tertiary/aromatic N) is 3. The first-order valence-electron chi connectivity index (χ1n) is 6.30. The number of benzene rings is 1. The molecule has 1 N–H and O–H groups in total. The Morgan fingerprint density at radius 1 is 1.05 bits per heavy atom. The van der Waals surface area contributed by atoms with Crippen LogP contribution in [0.15, 0.2) is 30.9 Å². The predicted molar refractivity (Wildman–Crippen MR) is 75.6 cm³/mol. The van der Waals surface area contributed by atoms with Gasteiger partial charge in [-0.25, -0.2) is 9.97 Å². The Morgan fingerprint density at radius 3 is 2.52 bits per heavy atom. The molecule has 0 aliphatic heterocycles. The fourth-order valence-electron chi connectivity index (χ4n) is 2.06. The summed E-state index contributed by atoms with van der Waals surface area (Å²) in [4.78, 5) is 15.2. The van der Waals surface area contributed by atoms with Crippen LogP contribution in [0.1, 0.15) is 5.56 Å². The first kappa shape index (κ1) is 13.2. The summed E-state index contributed by atoms with van der Waals surface area (Å²) >= 11 is 0. The van der Waals surface area contributed by atoms with Crippen LogP contribution in [0, 0.1) is 0 Å². The number of fused-ring (bicyclic) bond motifs is 1. The third-order valence-electron chi connectivity index (χ3n) is 3.07. The Morgan fingerprint density at radius 2 is 1.81 bits per heavy atom. The van der Waals surface area contributed by atoms with Crippen LogP contribution in [-0.4, -0.2) is 34.2 Å². The zero-order chi connectivity index (χ0) is 14.7. The molecule has 108 valence electrons. The lowest BCUT2D eigenvalue weighted by Gasteiger charge is -2.13. The Kier molecular flexibility index (Phi) is 3.55. The van der Waals surface area contributed by atoms with Gasteiger partial charge in [-0.1, -0.05) is 6.07 Å². The predicted octanol–water partition coefficient (Wildman–Crippen LogP) is 1.95. The number of hydrogen-bond acceptors (Lipinski definition) is 6. The second-order valence-electron chi connectivity index (χ2n) is 4.21. The summed E-state index contributed by atoms with van der Waals surface area (Å²) in [5.74, 6) is 1.83. The van der Waals surface area contributed by atoms with Gasteiger partial charge in [-0.3, -0.25) is 0 Å². The standard InChI is InChI=1S/C14H14N4O3/c1-19-10-4-3-5-11(20-2)9(10)6-21-14-12-13(16-7-15-12)17-8-18-14/h3-5,7-8H,6H2,1-2H3,(H,15,16,17,18). The number of hydrogen-bond donors (Lipinski definition) is 1. The molecule has 0 bridgehead atoms. The van der Waals surface area contributed by atoms with E-state index in [0.717, 1.165) is 5.56 Å². The van der Waals surface area contributed by atoms with Crippen molar-refractivity contribution < 1.29 is 14.2 Å². The summed E-state index contributed by atoms with van der Waals surface area (Å²) in [5.41, 5.74) is 2.03. The molecule has 0 amide bonds. The van der Waals surface area contributed by atoms with Gasteiger partial charge in [0.15, 0.2) is 5.65 Å². The maximum absolute atomic E-state index is 5.77. The highest BCUT2D eigenvalue weighted by atomic mass is 16.5. The molecule has 0 saturated carbocycles. The minimum Gasteiger partial charge on any atom is -0.496 e. The summed E-state index contributed by atoms with van der Waals surface area (Å²) in [6.07, 6.45) is 2.97. The van der Waals surface area contributed by atoms with Crippen LogP contribution in [-0.2, 0) is 6.61 Å². The second-order valence-corrected chi connectivity index (χ2v) is 4.21. The lowest BCUT2D eigenvalue weighted by molar-refractivity contribution is 0.279. The molecule has 3 aromatic rings. The van der Waals surface area contributed by atoms with E-state index >= 15 is 0 Å². The number of aromatic nitrogens is 4. The molecule has 0 radical (unpaired) electrons. The van der Waals surface area contributed by atoms with E-state index in [1.165, 1.54) is 6.33 Å². The van der Waals surface area contributed by atoms with Crippen molar-refractivity contribution in [2.45, 2.75) is 6.61 Å². The van der Waals surface area contributed by atoms with Crippen LogP contribution in [0.25, 0.3) is 11.2 Å². The van der Waals surface area contributed by atoms with Gasteiger partial charge in [0.1, 0.15) is 29.9 Å². The number of nitrogens with one attached hydrogen (secondary N) is 1. The SMILES string of the molecule is COc1cccc(OC)c1COc1ncnc2nc[nH]c12. The van der Waals surface area contributed by atoms with Gasteiger partial charge < -0.3 is 19.2 Å². The van der Waals surface area contributed by atoms with Crippen molar-refractivity contribution in [2.24, 2.45) is 0 Å². The number of H-pyrrole nitrogens is 1. The molecule has 7 nitrogen and oxygen atoms in total. The molecular formula is C14H14N4O3. The zero-order valence-electron chi connectivity index (χ0n) is 11.7. The molecule has 21 heavy (non-hydrogen) atoms. The zero-order valence-corrected chi connectivity index (χ0v) is 11.7. The van der Waals surface area contributed by atoms with E-state index in [1.807, 2.05) is 18.2 Å². The summed E-state index contributed by atoms with van der Waals surface area (Å²) < 4.78 is 16.4. The van der Waals surface area contributed by atoms with Gasteiger partial charge in [-0.05, 0) is 12.1 Å². The largest absolute Gasteiger partial charge is 0.496 e. The fraction of sp³-hybridized carbons (Fsp3) is 0.214.